The van der Waals surface area contributed by atoms with Gasteiger partial charge in [0.25, 0.3) is 0 Å². The molecule has 2 rings (SSSR count). The van der Waals surface area contributed by atoms with E-state index in [-0.39, 0.29) is 0 Å². The van der Waals surface area contributed by atoms with Crippen molar-refractivity contribution in [2.45, 2.75) is 20.8 Å². The van der Waals surface area contributed by atoms with Crippen LogP contribution in [0.4, 0.5) is 0 Å². The number of rotatable bonds is 1. The van der Waals surface area contributed by atoms with Gasteiger partial charge in [-0.15, -0.1) is 0 Å². The van der Waals surface area contributed by atoms with E-state index in [1.54, 1.807) is 0 Å². The SMILES string of the molecule is Cc1cc(-c2ccccc2C)nc(C)n1. The summed E-state index contributed by atoms with van der Waals surface area (Å²) in [4.78, 5) is 8.73. The molecule has 76 valence electrons. The zero-order valence-electron chi connectivity index (χ0n) is 9.28. The van der Waals surface area contributed by atoms with Crippen LogP contribution >= 0.6 is 0 Å². The third kappa shape index (κ3) is 2.04. The molecule has 2 heteroatoms. The lowest BCUT2D eigenvalue weighted by atomic mass is 10.1. The monoisotopic (exact) mass is 198 g/mol. The Morgan fingerprint density at radius 1 is 0.933 bits per heavy atom. The van der Waals surface area contributed by atoms with Gasteiger partial charge in [0.1, 0.15) is 5.82 Å². The zero-order chi connectivity index (χ0) is 10.8. The molecule has 1 heterocycles. The lowest BCUT2D eigenvalue weighted by Crippen LogP contribution is -1.94. The van der Waals surface area contributed by atoms with Gasteiger partial charge in [0.15, 0.2) is 0 Å². The van der Waals surface area contributed by atoms with Crippen molar-refractivity contribution in [1.82, 2.24) is 9.97 Å². The number of nitrogens with zero attached hydrogens (tertiary/aromatic N) is 2. The molecule has 0 aliphatic carbocycles. The van der Waals surface area contributed by atoms with E-state index in [0.717, 1.165) is 17.2 Å². The van der Waals surface area contributed by atoms with Crippen LogP contribution in [0.25, 0.3) is 11.3 Å². The Kier molecular flexibility index (Phi) is 2.50. The van der Waals surface area contributed by atoms with Crippen LogP contribution < -0.4 is 0 Å². The van der Waals surface area contributed by atoms with Crippen LogP contribution in [0.3, 0.4) is 0 Å². The van der Waals surface area contributed by atoms with Gasteiger partial charge < -0.3 is 0 Å². The molecule has 1 aromatic carbocycles. The summed E-state index contributed by atoms with van der Waals surface area (Å²) < 4.78 is 0. The third-order valence-corrected chi connectivity index (χ3v) is 2.39. The smallest absolute Gasteiger partial charge is 0.126 e. The summed E-state index contributed by atoms with van der Waals surface area (Å²) in [6.45, 7) is 6.02. The fraction of sp³-hybridized carbons (Fsp3) is 0.231. The van der Waals surface area contributed by atoms with Gasteiger partial charge in [0.2, 0.25) is 0 Å². The first-order valence-electron chi connectivity index (χ1n) is 5.05. The predicted molar refractivity (Wildman–Crippen MR) is 61.7 cm³/mol. The summed E-state index contributed by atoms with van der Waals surface area (Å²) in [5, 5.41) is 0. The molecule has 0 atom stereocenters. The highest BCUT2D eigenvalue weighted by atomic mass is 14.9. The van der Waals surface area contributed by atoms with Gasteiger partial charge in [-0.25, -0.2) is 9.97 Å². The number of hydrogen-bond donors (Lipinski definition) is 0. The Hall–Kier alpha value is -1.70. The van der Waals surface area contributed by atoms with E-state index < -0.39 is 0 Å². The van der Waals surface area contributed by atoms with E-state index in [1.807, 2.05) is 32.0 Å². The normalized spacial score (nSPS) is 10.3. The quantitative estimate of drug-likeness (QED) is 0.703. The second kappa shape index (κ2) is 3.81. The molecule has 2 aromatic rings. The predicted octanol–water partition coefficient (Wildman–Crippen LogP) is 3.07. The third-order valence-electron chi connectivity index (χ3n) is 2.39. The maximum Gasteiger partial charge on any atom is 0.126 e. The number of aromatic nitrogens is 2. The molecular formula is C13H14N2. The summed E-state index contributed by atoms with van der Waals surface area (Å²) in [6, 6.07) is 10.3. The van der Waals surface area contributed by atoms with Gasteiger partial charge in [0.05, 0.1) is 5.69 Å². The lowest BCUT2D eigenvalue weighted by molar-refractivity contribution is 1.01. The second-order valence-corrected chi connectivity index (χ2v) is 3.76. The van der Waals surface area contributed by atoms with Crippen molar-refractivity contribution in [3.8, 4) is 11.3 Å². The van der Waals surface area contributed by atoms with Gasteiger partial charge in [0, 0.05) is 11.3 Å². The maximum absolute atomic E-state index is 4.45. The molecule has 0 radical (unpaired) electrons. The maximum atomic E-state index is 4.45. The van der Waals surface area contributed by atoms with E-state index >= 15 is 0 Å². The summed E-state index contributed by atoms with van der Waals surface area (Å²) >= 11 is 0. The molecule has 1 aromatic heterocycles. The molecule has 0 aliphatic heterocycles. The lowest BCUT2D eigenvalue weighted by Gasteiger charge is -2.06. The highest BCUT2D eigenvalue weighted by Crippen LogP contribution is 2.21. The van der Waals surface area contributed by atoms with Crippen LogP contribution in [0.5, 0.6) is 0 Å². The molecule has 0 aliphatic rings. The fourth-order valence-corrected chi connectivity index (χ4v) is 1.72. The summed E-state index contributed by atoms with van der Waals surface area (Å²) in [5.74, 6) is 0.827. The van der Waals surface area contributed by atoms with E-state index in [4.69, 9.17) is 0 Å². The Morgan fingerprint density at radius 3 is 2.33 bits per heavy atom. The van der Waals surface area contributed by atoms with Crippen LogP contribution in [0.15, 0.2) is 30.3 Å². The fourth-order valence-electron chi connectivity index (χ4n) is 1.72. The minimum atomic E-state index is 0.827. The summed E-state index contributed by atoms with van der Waals surface area (Å²) in [6.07, 6.45) is 0. The van der Waals surface area contributed by atoms with Crippen LogP contribution in [0.1, 0.15) is 17.1 Å². The molecule has 0 saturated heterocycles. The Bertz CT molecular complexity index is 469. The first kappa shape index (κ1) is 9.84. The van der Waals surface area contributed by atoms with Crippen LogP contribution in [-0.2, 0) is 0 Å². The topological polar surface area (TPSA) is 25.8 Å². The Morgan fingerprint density at radius 2 is 1.67 bits per heavy atom. The van der Waals surface area contributed by atoms with E-state index in [2.05, 4.69) is 29.0 Å². The number of hydrogen-bond acceptors (Lipinski definition) is 2. The highest BCUT2D eigenvalue weighted by Gasteiger charge is 2.04. The molecule has 0 unspecified atom stereocenters. The number of aryl methyl sites for hydroxylation is 3. The molecule has 0 bridgehead atoms. The summed E-state index contributed by atoms with van der Waals surface area (Å²) in [5.41, 5.74) is 4.46. The zero-order valence-corrected chi connectivity index (χ0v) is 9.28. The van der Waals surface area contributed by atoms with Crippen molar-refractivity contribution in [3.05, 3.63) is 47.4 Å². The van der Waals surface area contributed by atoms with Crippen LogP contribution in [0.2, 0.25) is 0 Å². The molecule has 0 spiro atoms. The molecule has 0 fully saturated rings. The standard InChI is InChI=1S/C13H14N2/c1-9-6-4-5-7-12(9)13-8-10(2)14-11(3)15-13/h4-8H,1-3H3. The largest absolute Gasteiger partial charge is 0.239 e. The van der Waals surface area contributed by atoms with Crippen LogP contribution in [0, 0.1) is 20.8 Å². The molecule has 0 amide bonds. The molecule has 0 saturated carbocycles. The summed E-state index contributed by atoms with van der Waals surface area (Å²) in [7, 11) is 0. The van der Waals surface area contributed by atoms with Crippen LogP contribution in [-0.4, -0.2) is 9.97 Å². The Labute approximate surface area is 90.0 Å². The molecule has 0 N–H and O–H groups in total. The molecule has 2 nitrogen and oxygen atoms in total. The van der Waals surface area contributed by atoms with Crippen molar-refractivity contribution in [2.75, 3.05) is 0 Å². The van der Waals surface area contributed by atoms with Gasteiger partial charge in [-0.05, 0) is 32.4 Å². The van der Waals surface area contributed by atoms with Gasteiger partial charge in [-0.2, -0.15) is 0 Å². The van der Waals surface area contributed by atoms with Gasteiger partial charge in [-0.1, -0.05) is 24.3 Å². The van der Waals surface area contributed by atoms with Crippen molar-refractivity contribution in [2.24, 2.45) is 0 Å². The van der Waals surface area contributed by atoms with E-state index in [1.165, 1.54) is 11.1 Å². The van der Waals surface area contributed by atoms with Crippen molar-refractivity contribution in [1.29, 1.82) is 0 Å². The van der Waals surface area contributed by atoms with E-state index in [9.17, 15) is 0 Å². The first-order chi connectivity index (χ1) is 7.16. The van der Waals surface area contributed by atoms with Gasteiger partial charge in [-0.3, -0.25) is 0 Å². The van der Waals surface area contributed by atoms with Crippen molar-refractivity contribution in [3.63, 3.8) is 0 Å². The average molecular weight is 198 g/mol. The molecule has 15 heavy (non-hydrogen) atoms. The average Bonchev–Trinajstić information content (AvgIpc) is 2.16. The number of benzene rings is 1. The highest BCUT2D eigenvalue weighted by molar-refractivity contribution is 5.63. The Balaban J connectivity index is 2.59. The first-order valence-corrected chi connectivity index (χ1v) is 5.05. The minimum absolute atomic E-state index is 0.827. The van der Waals surface area contributed by atoms with Gasteiger partial charge >= 0.3 is 0 Å². The molecular weight excluding hydrogens is 184 g/mol. The van der Waals surface area contributed by atoms with Crippen molar-refractivity contribution >= 4 is 0 Å². The minimum Gasteiger partial charge on any atom is -0.239 e. The van der Waals surface area contributed by atoms with Crippen molar-refractivity contribution < 1.29 is 0 Å². The second-order valence-electron chi connectivity index (χ2n) is 3.76. The van der Waals surface area contributed by atoms with E-state index in [0.29, 0.717) is 0 Å².